The van der Waals surface area contributed by atoms with Crippen molar-refractivity contribution in [1.82, 2.24) is 10.3 Å². The Bertz CT molecular complexity index is 1090. The van der Waals surface area contributed by atoms with Gasteiger partial charge in [-0.05, 0) is 30.0 Å². The number of sulfone groups is 1. The summed E-state index contributed by atoms with van der Waals surface area (Å²) in [5.74, 6) is -1.12. The topological polar surface area (TPSA) is 113 Å². The van der Waals surface area contributed by atoms with Crippen LogP contribution in [-0.2, 0) is 16.3 Å². The van der Waals surface area contributed by atoms with Gasteiger partial charge in [0.25, 0.3) is 11.5 Å². The lowest BCUT2D eigenvalue weighted by atomic mass is 9.75. The molecule has 1 aliphatic rings. The molecule has 0 spiro atoms. The molecule has 1 heterocycles. The standard InChI is InChI=1S/C20H22N2O5S/c1-20(2)11-16-14(17(23)12-20)10-15(19(25)22-16)18(24)21-8-9-28(26,27)13-6-4-3-5-7-13/h3-7,10H,8-9,11-12H2,1-2H3,(H,21,24)(H,22,25). The summed E-state index contributed by atoms with van der Waals surface area (Å²) in [5.41, 5.74) is -0.144. The molecule has 0 saturated carbocycles. The van der Waals surface area contributed by atoms with Crippen molar-refractivity contribution in [1.29, 1.82) is 0 Å². The van der Waals surface area contributed by atoms with Gasteiger partial charge in [0.05, 0.1) is 10.6 Å². The molecule has 1 aromatic heterocycles. The second kappa shape index (κ2) is 7.35. The van der Waals surface area contributed by atoms with Crippen LogP contribution in [0.4, 0.5) is 0 Å². The van der Waals surface area contributed by atoms with E-state index in [-0.39, 0.29) is 34.0 Å². The van der Waals surface area contributed by atoms with Crippen molar-refractivity contribution in [3.8, 4) is 0 Å². The molecule has 0 unspecified atom stereocenters. The number of H-pyrrole nitrogens is 1. The monoisotopic (exact) mass is 402 g/mol. The summed E-state index contributed by atoms with van der Waals surface area (Å²) in [6.45, 7) is 3.74. The Morgan fingerprint density at radius 1 is 1.14 bits per heavy atom. The number of rotatable bonds is 5. The van der Waals surface area contributed by atoms with Crippen molar-refractivity contribution < 1.29 is 18.0 Å². The van der Waals surface area contributed by atoms with Gasteiger partial charge in [-0.1, -0.05) is 32.0 Å². The van der Waals surface area contributed by atoms with Gasteiger partial charge >= 0.3 is 0 Å². The first-order valence-corrected chi connectivity index (χ1v) is 10.6. The van der Waals surface area contributed by atoms with Crippen LogP contribution in [0.3, 0.4) is 0 Å². The van der Waals surface area contributed by atoms with Crippen molar-refractivity contribution in [2.75, 3.05) is 12.3 Å². The highest BCUT2D eigenvalue weighted by atomic mass is 32.2. The average Bonchev–Trinajstić information content (AvgIpc) is 2.60. The van der Waals surface area contributed by atoms with E-state index in [0.717, 1.165) is 0 Å². The fourth-order valence-corrected chi connectivity index (χ4v) is 4.51. The van der Waals surface area contributed by atoms with Crippen molar-refractivity contribution in [2.45, 2.75) is 31.6 Å². The van der Waals surface area contributed by atoms with E-state index >= 15 is 0 Å². The lowest BCUT2D eigenvalue weighted by molar-refractivity contribution is 0.0910. The third kappa shape index (κ3) is 4.22. The lowest BCUT2D eigenvalue weighted by Crippen LogP contribution is -2.36. The van der Waals surface area contributed by atoms with Gasteiger partial charge in [-0.15, -0.1) is 0 Å². The fraction of sp³-hybridized carbons (Fsp3) is 0.350. The number of carbonyl (C=O) groups is 2. The zero-order chi connectivity index (χ0) is 20.5. The Kier molecular flexibility index (Phi) is 5.25. The Hall–Kier alpha value is -2.74. The Balaban J connectivity index is 1.73. The Morgan fingerprint density at radius 3 is 2.50 bits per heavy atom. The number of ketones is 1. The quantitative estimate of drug-likeness (QED) is 0.791. The summed E-state index contributed by atoms with van der Waals surface area (Å²) in [6, 6.07) is 9.24. The van der Waals surface area contributed by atoms with Crippen LogP contribution >= 0.6 is 0 Å². The second-order valence-electron chi connectivity index (χ2n) is 7.73. The lowest BCUT2D eigenvalue weighted by Gasteiger charge is -2.29. The third-order valence-electron chi connectivity index (χ3n) is 4.72. The maximum Gasteiger partial charge on any atom is 0.261 e. The predicted octanol–water partition coefficient (Wildman–Crippen LogP) is 1.73. The van der Waals surface area contributed by atoms with E-state index in [1.54, 1.807) is 18.2 Å². The van der Waals surface area contributed by atoms with Gasteiger partial charge in [-0.25, -0.2) is 8.42 Å². The molecule has 1 amide bonds. The Labute approximate surface area is 163 Å². The number of hydrogen-bond acceptors (Lipinski definition) is 5. The molecule has 0 atom stereocenters. The normalized spacial score (nSPS) is 15.7. The number of aromatic amines is 1. The first-order chi connectivity index (χ1) is 13.1. The van der Waals surface area contributed by atoms with Gasteiger partial charge < -0.3 is 10.3 Å². The van der Waals surface area contributed by atoms with Gasteiger partial charge in [0, 0.05) is 24.2 Å². The van der Waals surface area contributed by atoms with Crippen LogP contribution < -0.4 is 10.9 Å². The maximum absolute atomic E-state index is 12.4. The van der Waals surface area contributed by atoms with Gasteiger partial charge in [0.1, 0.15) is 5.56 Å². The first kappa shape index (κ1) is 20.0. The van der Waals surface area contributed by atoms with Crippen LogP contribution in [0.5, 0.6) is 0 Å². The summed E-state index contributed by atoms with van der Waals surface area (Å²) in [4.78, 5) is 39.8. The minimum absolute atomic E-state index is 0.122. The largest absolute Gasteiger partial charge is 0.351 e. The van der Waals surface area contributed by atoms with Crippen molar-refractivity contribution >= 4 is 21.5 Å². The first-order valence-electron chi connectivity index (χ1n) is 8.94. The molecule has 8 heteroatoms. The van der Waals surface area contributed by atoms with Crippen LogP contribution in [0, 0.1) is 5.41 Å². The summed E-state index contributed by atoms with van der Waals surface area (Å²) >= 11 is 0. The molecule has 28 heavy (non-hydrogen) atoms. The predicted molar refractivity (Wildman–Crippen MR) is 104 cm³/mol. The van der Waals surface area contributed by atoms with Crippen LogP contribution in [-0.4, -0.2) is 37.4 Å². The molecule has 0 aliphatic heterocycles. The summed E-state index contributed by atoms with van der Waals surface area (Å²) in [7, 11) is -3.54. The smallest absolute Gasteiger partial charge is 0.261 e. The van der Waals surface area contributed by atoms with E-state index in [4.69, 9.17) is 0 Å². The second-order valence-corrected chi connectivity index (χ2v) is 9.84. The van der Waals surface area contributed by atoms with E-state index in [1.165, 1.54) is 18.2 Å². The average molecular weight is 402 g/mol. The summed E-state index contributed by atoms with van der Waals surface area (Å²) < 4.78 is 24.5. The Morgan fingerprint density at radius 2 is 1.82 bits per heavy atom. The number of fused-ring (bicyclic) bond motifs is 1. The molecular weight excluding hydrogens is 380 g/mol. The van der Waals surface area contributed by atoms with E-state index in [1.807, 2.05) is 13.8 Å². The minimum Gasteiger partial charge on any atom is -0.351 e. The highest BCUT2D eigenvalue weighted by Crippen LogP contribution is 2.33. The molecule has 0 bridgehead atoms. The van der Waals surface area contributed by atoms with Crippen LogP contribution in [0.25, 0.3) is 0 Å². The van der Waals surface area contributed by atoms with E-state index in [0.29, 0.717) is 24.1 Å². The maximum atomic E-state index is 12.4. The molecule has 2 aromatic rings. The van der Waals surface area contributed by atoms with Gasteiger partial charge in [0.15, 0.2) is 15.6 Å². The highest BCUT2D eigenvalue weighted by Gasteiger charge is 2.32. The number of nitrogens with one attached hydrogen (secondary N) is 2. The number of amides is 1. The zero-order valence-corrected chi connectivity index (χ0v) is 16.6. The number of aromatic nitrogens is 1. The van der Waals surface area contributed by atoms with Crippen molar-refractivity contribution in [3.63, 3.8) is 0 Å². The van der Waals surface area contributed by atoms with Crippen LogP contribution in [0.15, 0.2) is 46.1 Å². The zero-order valence-electron chi connectivity index (χ0n) is 15.7. The van der Waals surface area contributed by atoms with Crippen LogP contribution in [0.2, 0.25) is 0 Å². The molecule has 0 radical (unpaired) electrons. The molecule has 2 N–H and O–H groups in total. The molecule has 1 aromatic carbocycles. The summed E-state index contributed by atoms with van der Waals surface area (Å²) in [5, 5.41) is 2.45. The van der Waals surface area contributed by atoms with Crippen LogP contribution in [0.1, 0.15) is 46.7 Å². The fourth-order valence-electron chi connectivity index (χ4n) is 3.34. The summed E-state index contributed by atoms with van der Waals surface area (Å²) in [6.07, 6.45) is 0.878. The van der Waals surface area contributed by atoms with Gasteiger partial charge in [0.2, 0.25) is 0 Å². The molecule has 3 rings (SSSR count). The van der Waals surface area contributed by atoms with E-state index in [2.05, 4.69) is 10.3 Å². The van der Waals surface area contributed by atoms with E-state index in [9.17, 15) is 22.8 Å². The number of Topliss-reactive ketones (excluding diaryl/α,β-unsaturated/α-hetero) is 1. The van der Waals surface area contributed by atoms with E-state index < -0.39 is 21.3 Å². The SMILES string of the molecule is CC1(C)CC(=O)c2cc(C(=O)NCCS(=O)(=O)c3ccccc3)c(=O)[nH]c2C1. The highest BCUT2D eigenvalue weighted by molar-refractivity contribution is 7.91. The molecule has 0 fully saturated rings. The number of pyridine rings is 1. The molecule has 7 nitrogen and oxygen atoms in total. The number of benzene rings is 1. The van der Waals surface area contributed by atoms with Gasteiger partial charge in [-0.3, -0.25) is 14.4 Å². The molecule has 1 aliphatic carbocycles. The molecular formula is C20H22N2O5S. The molecule has 148 valence electrons. The third-order valence-corrected chi connectivity index (χ3v) is 6.45. The number of carbonyl (C=O) groups excluding carboxylic acids is 2. The molecule has 0 saturated heterocycles. The van der Waals surface area contributed by atoms with Crippen molar-refractivity contribution in [3.05, 3.63) is 63.6 Å². The number of hydrogen-bond donors (Lipinski definition) is 2. The minimum atomic E-state index is -3.54. The van der Waals surface area contributed by atoms with Crippen molar-refractivity contribution in [2.24, 2.45) is 5.41 Å². The van der Waals surface area contributed by atoms with Gasteiger partial charge in [-0.2, -0.15) is 0 Å².